The van der Waals surface area contributed by atoms with Crippen molar-refractivity contribution in [1.29, 1.82) is 0 Å². The third kappa shape index (κ3) is 4.16. The smallest absolute Gasteiger partial charge is 0.313 e. The van der Waals surface area contributed by atoms with Crippen LogP contribution >= 0.6 is 11.8 Å². The number of amides is 1. The lowest BCUT2D eigenvalue weighted by Gasteiger charge is -2.24. The van der Waals surface area contributed by atoms with Crippen LogP contribution in [0.5, 0.6) is 5.75 Å². The molecule has 1 heterocycles. The van der Waals surface area contributed by atoms with E-state index >= 15 is 0 Å². The molecule has 1 amide bonds. The summed E-state index contributed by atoms with van der Waals surface area (Å²) >= 11 is 1.29. The van der Waals surface area contributed by atoms with Crippen LogP contribution in [0, 0.1) is 5.92 Å². The third-order valence-corrected chi connectivity index (χ3v) is 3.96. The minimum atomic E-state index is -0.835. The van der Waals surface area contributed by atoms with E-state index in [2.05, 4.69) is 5.32 Å². The summed E-state index contributed by atoms with van der Waals surface area (Å²) in [4.78, 5) is 22.3. The summed E-state index contributed by atoms with van der Waals surface area (Å²) in [6.45, 7) is 0.875. The predicted octanol–water partition coefficient (Wildman–Crippen LogP) is 1.17. The molecule has 0 saturated heterocycles. The van der Waals surface area contributed by atoms with Gasteiger partial charge in [0.1, 0.15) is 12.4 Å². The standard InChI is InChI=1S/C14H17NO4S/c16-13(17)9-20-6-5-15-14(18)11-7-10-3-1-2-4-12(10)19-8-11/h1-4,11H,5-9H2,(H,15,18)(H,16,17). The molecule has 5 nitrogen and oxygen atoms in total. The topological polar surface area (TPSA) is 75.6 Å². The van der Waals surface area contributed by atoms with Crippen LogP contribution in [0.15, 0.2) is 24.3 Å². The normalized spacial score (nSPS) is 16.9. The molecule has 20 heavy (non-hydrogen) atoms. The van der Waals surface area contributed by atoms with Crippen molar-refractivity contribution in [3.63, 3.8) is 0 Å². The van der Waals surface area contributed by atoms with Crippen molar-refractivity contribution in [3.05, 3.63) is 29.8 Å². The van der Waals surface area contributed by atoms with Gasteiger partial charge in [-0.25, -0.2) is 0 Å². The fourth-order valence-electron chi connectivity index (χ4n) is 2.05. The highest BCUT2D eigenvalue weighted by molar-refractivity contribution is 7.99. The zero-order valence-corrected chi connectivity index (χ0v) is 11.8. The van der Waals surface area contributed by atoms with Crippen LogP contribution < -0.4 is 10.1 Å². The molecule has 1 unspecified atom stereocenters. The minimum absolute atomic E-state index is 0.0320. The van der Waals surface area contributed by atoms with E-state index in [4.69, 9.17) is 9.84 Å². The molecule has 1 aromatic rings. The Hall–Kier alpha value is -1.69. The van der Waals surface area contributed by atoms with Gasteiger partial charge in [0, 0.05) is 12.3 Å². The first-order valence-corrected chi connectivity index (χ1v) is 7.60. The Labute approximate surface area is 121 Å². The third-order valence-electron chi connectivity index (χ3n) is 3.02. The van der Waals surface area contributed by atoms with Gasteiger partial charge in [-0.3, -0.25) is 9.59 Å². The monoisotopic (exact) mass is 295 g/mol. The number of hydrogen-bond donors (Lipinski definition) is 2. The summed E-state index contributed by atoms with van der Waals surface area (Å²) < 4.78 is 5.57. The Morgan fingerprint density at radius 3 is 3.00 bits per heavy atom. The van der Waals surface area contributed by atoms with Gasteiger partial charge < -0.3 is 15.2 Å². The van der Waals surface area contributed by atoms with Crippen LogP contribution in [-0.2, 0) is 16.0 Å². The van der Waals surface area contributed by atoms with E-state index in [9.17, 15) is 9.59 Å². The zero-order valence-electron chi connectivity index (χ0n) is 11.0. The Kier molecular flexibility index (Phi) is 5.29. The number of hydrogen-bond acceptors (Lipinski definition) is 4. The number of rotatable bonds is 6. The molecule has 1 aliphatic heterocycles. The number of carboxylic acids is 1. The molecular weight excluding hydrogens is 278 g/mol. The second-order valence-electron chi connectivity index (χ2n) is 4.56. The summed E-state index contributed by atoms with van der Waals surface area (Å²) in [5.74, 6) is 0.481. The van der Waals surface area contributed by atoms with Gasteiger partial charge in [0.2, 0.25) is 5.91 Å². The van der Waals surface area contributed by atoms with Crippen LogP contribution in [0.4, 0.5) is 0 Å². The van der Waals surface area contributed by atoms with Crippen LogP contribution in [0.2, 0.25) is 0 Å². The molecular formula is C14H17NO4S. The second-order valence-corrected chi connectivity index (χ2v) is 5.66. The highest BCUT2D eigenvalue weighted by Crippen LogP contribution is 2.26. The Morgan fingerprint density at radius 2 is 2.20 bits per heavy atom. The molecule has 0 saturated carbocycles. The van der Waals surface area contributed by atoms with Gasteiger partial charge in [0.25, 0.3) is 0 Å². The Bertz CT molecular complexity index is 492. The van der Waals surface area contributed by atoms with E-state index in [-0.39, 0.29) is 17.6 Å². The van der Waals surface area contributed by atoms with E-state index in [1.165, 1.54) is 11.8 Å². The van der Waals surface area contributed by atoms with E-state index in [1.54, 1.807) is 0 Å². The molecule has 0 fully saturated rings. The molecule has 0 spiro atoms. The average molecular weight is 295 g/mol. The molecule has 1 atom stereocenters. The van der Waals surface area contributed by atoms with Gasteiger partial charge in [-0.05, 0) is 18.1 Å². The lowest BCUT2D eigenvalue weighted by Crippen LogP contribution is -2.38. The summed E-state index contributed by atoms with van der Waals surface area (Å²) in [5, 5.41) is 11.3. The molecule has 0 radical (unpaired) electrons. The first kappa shape index (κ1) is 14.7. The van der Waals surface area contributed by atoms with Gasteiger partial charge in [0.15, 0.2) is 0 Å². The number of carbonyl (C=O) groups is 2. The van der Waals surface area contributed by atoms with Crippen LogP contribution in [0.1, 0.15) is 5.56 Å². The van der Waals surface area contributed by atoms with E-state index in [1.807, 2.05) is 24.3 Å². The summed E-state index contributed by atoms with van der Waals surface area (Å²) in [7, 11) is 0. The Balaban J connectivity index is 1.73. The molecule has 1 aromatic carbocycles. The van der Waals surface area contributed by atoms with Crippen molar-refractivity contribution in [2.75, 3.05) is 24.7 Å². The van der Waals surface area contributed by atoms with Crippen molar-refractivity contribution in [2.24, 2.45) is 5.92 Å². The number of benzene rings is 1. The lowest BCUT2D eigenvalue weighted by atomic mass is 9.96. The number of aliphatic carboxylic acids is 1. The van der Waals surface area contributed by atoms with Gasteiger partial charge in [-0.1, -0.05) is 18.2 Å². The molecule has 2 rings (SSSR count). The molecule has 0 aromatic heterocycles. The molecule has 6 heteroatoms. The van der Waals surface area contributed by atoms with Crippen molar-refractivity contribution < 1.29 is 19.4 Å². The lowest BCUT2D eigenvalue weighted by molar-refractivity contribution is -0.134. The summed E-state index contributed by atoms with van der Waals surface area (Å²) in [6.07, 6.45) is 0.685. The van der Waals surface area contributed by atoms with Gasteiger partial charge in [-0.2, -0.15) is 0 Å². The van der Waals surface area contributed by atoms with Crippen molar-refractivity contribution >= 4 is 23.6 Å². The number of carboxylic acid groups (broad SMARTS) is 1. The van der Waals surface area contributed by atoms with Crippen molar-refractivity contribution in [1.82, 2.24) is 5.32 Å². The molecule has 1 aliphatic rings. The number of thioether (sulfide) groups is 1. The first-order chi connectivity index (χ1) is 9.66. The van der Waals surface area contributed by atoms with Crippen molar-refractivity contribution in [2.45, 2.75) is 6.42 Å². The largest absolute Gasteiger partial charge is 0.492 e. The maximum Gasteiger partial charge on any atom is 0.313 e. The van der Waals surface area contributed by atoms with E-state index < -0.39 is 5.97 Å². The fraction of sp³-hybridized carbons (Fsp3) is 0.429. The second kappa shape index (κ2) is 7.19. The van der Waals surface area contributed by atoms with E-state index in [0.29, 0.717) is 25.3 Å². The number of fused-ring (bicyclic) bond motifs is 1. The highest BCUT2D eigenvalue weighted by Gasteiger charge is 2.25. The number of ether oxygens (including phenoxy) is 1. The van der Waals surface area contributed by atoms with Crippen LogP contribution in [-0.4, -0.2) is 41.6 Å². The van der Waals surface area contributed by atoms with Gasteiger partial charge >= 0.3 is 5.97 Å². The predicted molar refractivity (Wildman–Crippen MR) is 77.1 cm³/mol. The van der Waals surface area contributed by atoms with Crippen LogP contribution in [0.25, 0.3) is 0 Å². The highest BCUT2D eigenvalue weighted by atomic mass is 32.2. The number of para-hydroxylation sites is 1. The van der Waals surface area contributed by atoms with Crippen LogP contribution in [0.3, 0.4) is 0 Å². The maximum atomic E-state index is 12.0. The minimum Gasteiger partial charge on any atom is -0.492 e. The number of nitrogens with one attached hydrogen (secondary N) is 1. The zero-order chi connectivity index (χ0) is 14.4. The average Bonchev–Trinajstić information content (AvgIpc) is 2.46. The molecule has 0 bridgehead atoms. The van der Waals surface area contributed by atoms with Gasteiger partial charge in [0.05, 0.1) is 11.7 Å². The molecule has 0 aliphatic carbocycles. The van der Waals surface area contributed by atoms with Crippen molar-refractivity contribution in [3.8, 4) is 5.75 Å². The molecule has 2 N–H and O–H groups in total. The van der Waals surface area contributed by atoms with Gasteiger partial charge in [-0.15, -0.1) is 11.8 Å². The van der Waals surface area contributed by atoms with E-state index in [0.717, 1.165) is 11.3 Å². The number of carbonyl (C=O) groups excluding carboxylic acids is 1. The molecule has 108 valence electrons. The fourth-order valence-corrected chi connectivity index (χ4v) is 2.61. The maximum absolute atomic E-state index is 12.0. The summed E-state index contributed by atoms with van der Waals surface area (Å²) in [5.41, 5.74) is 1.05. The summed E-state index contributed by atoms with van der Waals surface area (Å²) in [6, 6.07) is 7.73. The first-order valence-electron chi connectivity index (χ1n) is 6.45. The SMILES string of the molecule is O=C(O)CSCCNC(=O)C1COc2ccccc2C1. The quantitative estimate of drug-likeness (QED) is 0.771. The Morgan fingerprint density at radius 1 is 1.40 bits per heavy atom.